The summed E-state index contributed by atoms with van der Waals surface area (Å²) in [6, 6.07) is 0. The van der Waals surface area contributed by atoms with E-state index in [1.54, 1.807) is 18.5 Å². The number of tetrazole rings is 1. The van der Waals surface area contributed by atoms with Gasteiger partial charge in [0.15, 0.2) is 11.7 Å². The number of unbranched alkanes of at least 4 members (excludes halogenated alkanes) is 7. The Kier molecular flexibility index (Phi) is 16.8. The van der Waals surface area contributed by atoms with Crippen molar-refractivity contribution in [1.29, 1.82) is 0 Å². The van der Waals surface area contributed by atoms with Crippen LogP contribution in [0.3, 0.4) is 0 Å². The summed E-state index contributed by atoms with van der Waals surface area (Å²) in [6.45, 7) is 11.7. The molecule has 236 valence electrons. The summed E-state index contributed by atoms with van der Waals surface area (Å²) in [7, 11) is 0. The van der Waals surface area contributed by atoms with Crippen LogP contribution in [0, 0.1) is 5.41 Å². The second kappa shape index (κ2) is 19.5. The SMILES string of the molecule is CCOC(=O)C(CCCCCCCCCCOC1CCCCO1)(CCCSc1nnnn1C(C)(C)C)C(=O)OCC. The second-order valence-corrected chi connectivity index (χ2v) is 12.8. The third-order valence-corrected chi connectivity index (χ3v) is 8.33. The van der Waals surface area contributed by atoms with E-state index in [1.807, 2.05) is 20.8 Å². The molecule has 1 aromatic heterocycles. The highest BCUT2D eigenvalue weighted by molar-refractivity contribution is 7.99. The number of esters is 2. The first-order chi connectivity index (χ1) is 19.7. The van der Waals surface area contributed by atoms with Crippen LogP contribution in [0.15, 0.2) is 5.16 Å². The van der Waals surface area contributed by atoms with Gasteiger partial charge in [0.1, 0.15) is 0 Å². The standard InChI is InChI=1S/C30H54N4O6S/c1-6-37-26(35)30(27(36)38-7-2,21-18-24-41-28-31-32-33-34(28)29(3,4)5)20-15-12-10-8-9-11-13-16-22-39-25-19-14-17-23-40-25/h25H,6-24H2,1-5H3. The average molecular weight is 599 g/mol. The number of rotatable bonds is 21. The van der Waals surface area contributed by atoms with Gasteiger partial charge in [-0.2, -0.15) is 0 Å². The maximum Gasteiger partial charge on any atom is 0.323 e. The van der Waals surface area contributed by atoms with Crippen molar-refractivity contribution in [2.75, 3.05) is 32.2 Å². The zero-order valence-electron chi connectivity index (χ0n) is 26.2. The van der Waals surface area contributed by atoms with Gasteiger partial charge in [-0.25, -0.2) is 4.68 Å². The number of thioether (sulfide) groups is 1. The minimum atomic E-state index is -1.27. The third-order valence-electron chi connectivity index (χ3n) is 7.33. The Balaban J connectivity index is 1.77. The highest BCUT2D eigenvalue weighted by Crippen LogP contribution is 2.36. The molecule has 41 heavy (non-hydrogen) atoms. The molecule has 0 spiro atoms. The van der Waals surface area contributed by atoms with E-state index in [-0.39, 0.29) is 25.0 Å². The molecule has 0 saturated carbocycles. The molecule has 1 saturated heterocycles. The zero-order valence-corrected chi connectivity index (χ0v) is 27.0. The van der Waals surface area contributed by atoms with E-state index in [1.165, 1.54) is 37.4 Å². The number of nitrogens with zero attached hydrogens (tertiary/aromatic N) is 4. The topological polar surface area (TPSA) is 115 Å². The molecule has 10 nitrogen and oxygen atoms in total. The van der Waals surface area contributed by atoms with Crippen LogP contribution >= 0.6 is 11.8 Å². The van der Waals surface area contributed by atoms with Crippen molar-refractivity contribution in [2.24, 2.45) is 5.41 Å². The first-order valence-electron chi connectivity index (χ1n) is 15.7. The lowest BCUT2D eigenvalue weighted by Gasteiger charge is -2.29. The zero-order chi connectivity index (χ0) is 30.0. The highest BCUT2D eigenvalue weighted by atomic mass is 32.2. The molecule has 2 rings (SSSR count). The molecular weight excluding hydrogens is 544 g/mol. The lowest BCUT2D eigenvalue weighted by molar-refractivity contribution is -0.173. The second-order valence-electron chi connectivity index (χ2n) is 11.8. The predicted molar refractivity (Wildman–Crippen MR) is 160 cm³/mol. The van der Waals surface area contributed by atoms with E-state index in [4.69, 9.17) is 18.9 Å². The van der Waals surface area contributed by atoms with Crippen molar-refractivity contribution >= 4 is 23.7 Å². The van der Waals surface area contributed by atoms with Gasteiger partial charge in [-0.15, -0.1) is 5.10 Å². The van der Waals surface area contributed by atoms with Crippen molar-refractivity contribution in [3.8, 4) is 0 Å². The quantitative estimate of drug-likeness (QED) is 0.0675. The molecule has 0 bridgehead atoms. The van der Waals surface area contributed by atoms with Crippen LogP contribution in [-0.4, -0.2) is 70.6 Å². The van der Waals surface area contributed by atoms with Crippen LogP contribution in [0.2, 0.25) is 0 Å². The highest BCUT2D eigenvalue weighted by Gasteiger charge is 2.47. The van der Waals surface area contributed by atoms with Crippen LogP contribution in [0.4, 0.5) is 0 Å². The van der Waals surface area contributed by atoms with Crippen molar-refractivity contribution in [1.82, 2.24) is 20.2 Å². The molecule has 0 radical (unpaired) electrons. The predicted octanol–water partition coefficient (Wildman–Crippen LogP) is 6.47. The summed E-state index contributed by atoms with van der Waals surface area (Å²) >= 11 is 1.53. The van der Waals surface area contributed by atoms with Crippen molar-refractivity contribution in [3.63, 3.8) is 0 Å². The summed E-state index contributed by atoms with van der Waals surface area (Å²) in [5.74, 6) is -0.261. The first kappa shape index (κ1) is 35.5. The van der Waals surface area contributed by atoms with Crippen molar-refractivity contribution < 1.29 is 28.5 Å². The van der Waals surface area contributed by atoms with Crippen LogP contribution in [0.25, 0.3) is 0 Å². The lowest BCUT2D eigenvalue weighted by atomic mass is 9.78. The van der Waals surface area contributed by atoms with Crippen LogP contribution in [0.5, 0.6) is 0 Å². The van der Waals surface area contributed by atoms with Gasteiger partial charge in [0.2, 0.25) is 5.16 Å². The summed E-state index contributed by atoms with van der Waals surface area (Å²) in [5.41, 5.74) is -1.51. The monoisotopic (exact) mass is 598 g/mol. The number of aromatic nitrogens is 4. The normalized spacial score (nSPS) is 16.1. The molecule has 11 heteroatoms. The molecule has 1 unspecified atom stereocenters. The Morgan fingerprint density at radius 3 is 2.10 bits per heavy atom. The van der Waals surface area contributed by atoms with Gasteiger partial charge >= 0.3 is 11.9 Å². The summed E-state index contributed by atoms with van der Waals surface area (Å²) in [4.78, 5) is 26.4. The molecule has 0 N–H and O–H groups in total. The van der Waals surface area contributed by atoms with Crippen LogP contribution < -0.4 is 0 Å². The molecule has 1 aliphatic heterocycles. The first-order valence-corrected chi connectivity index (χ1v) is 16.7. The fourth-order valence-corrected chi connectivity index (χ4v) is 6.03. The van der Waals surface area contributed by atoms with E-state index in [0.717, 1.165) is 63.3 Å². The van der Waals surface area contributed by atoms with Gasteiger partial charge in [-0.05, 0) is 90.0 Å². The molecule has 1 aliphatic rings. The summed E-state index contributed by atoms with van der Waals surface area (Å²) < 4.78 is 24.1. The molecule has 0 aromatic carbocycles. The Morgan fingerprint density at radius 2 is 1.51 bits per heavy atom. The minimum Gasteiger partial charge on any atom is -0.465 e. The lowest BCUT2D eigenvalue weighted by Crippen LogP contribution is -2.42. The van der Waals surface area contributed by atoms with Crippen molar-refractivity contribution in [3.05, 3.63) is 0 Å². The largest absolute Gasteiger partial charge is 0.465 e. The number of carbonyl (C=O) groups is 2. The summed E-state index contributed by atoms with van der Waals surface area (Å²) in [6.07, 6.45) is 13.4. The van der Waals surface area contributed by atoms with Gasteiger partial charge in [0.05, 0.1) is 18.8 Å². The van der Waals surface area contributed by atoms with Crippen molar-refractivity contribution in [2.45, 2.75) is 141 Å². The van der Waals surface area contributed by atoms with Crippen LogP contribution in [0.1, 0.15) is 125 Å². The number of hydrogen-bond donors (Lipinski definition) is 0. The van der Waals surface area contributed by atoms with Gasteiger partial charge in [0, 0.05) is 19.0 Å². The van der Waals surface area contributed by atoms with E-state index >= 15 is 0 Å². The Hall–Kier alpha value is -1.72. The number of ether oxygens (including phenoxy) is 4. The smallest absolute Gasteiger partial charge is 0.323 e. The molecule has 0 amide bonds. The maximum atomic E-state index is 13.2. The third kappa shape index (κ3) is 12.6. The van der Waals surface area contributed by atoms with Gasteiger partial charge in [-0.3, -0.25) is 9.59 Å². The molecule has 1 fully saturated rings. The Labute approximate surface area is 251 Å². The van der Waals surface area contributed by atoms with Gasteiger partial charge in [0.25, 0.3) is 0 Å². The fourth-order valence-electron chi connectivity index (χ4n) is 5.03. The molecular formula is C30H54N4O6S. The van der Waals surface area contributed by atoms with E-state index < -0.39 is 17.4 Å². The molecule has 0 aliphatic carbocycles. The Bertz CT molecular complexity index is 851. The average Bonchev–Trinajstić information content (AvgIpc) is 3.43. The fraction of sp³-hybridized carbons (Fsp3) is 0.900. The molecule has 1 aromatic rings. The van der Waals surface area contributed by atoms with Gasteiger partial charge < -0.3 is 18.9 Å². The minimum absolute atomic E-state index is 0.00581. The summed E-state index contributed by atoms with van der Waals surface area (Å²) in [5, 5.41) is 12.8. The van der Waals surface area contributed by atoms with Gasteiger partial charge in [-0.1, -0.05) is 56.7 Å². The van der Waals surface area contributed by atoms with E-state index in [2.05, 4.69) is 15.5 Å². The number of carbonyl (C=O) groups excluding carboxylic acids is 2. The maximum absolute atomic E-state index is 13.2. The van der Waals surface area contributed by atoms with E-state index in [9.17, 15) is 9.59 Å². The van der Waals surface area contributed by atoms with E-state index in [0.29, 0.717) is 25.0 Å². The molecule has 2 heterocycles. The Morgan fingerprint density at radius 1 is 0.902 bits per heavy atom. The number of hydrogen-bond acceptors (Lipinski definition) is 10. The molecule has 1 atom stereocenters. The van der Waals surface area contributed by atoms with Crippen LogP contribution in [-0.2, 0) is 34.1 Å².